The van der Waals surface area contributed by atoms with Gasteiger partial charge in [0.25, 0.3) is 15.9 Å². The van der Waals surface area contributed by atoms with Gasteiger partial charge in [0.05, 0.1) is 4.90 Å². The Kier molecular flexibility index (Phi) is 6.51. The number of benzene rings is 2. The number of hydrogen-bond donors (Lipinski definition) is 2. The van der Waals surface area contributed by atoms with Crippen LogP contribution in [0.2, 0.25) is 0 Å². The van der Waals surface area contributed by atoms with Gasteiger partial charge in [-0.1, -0.05) is 44.5 Å². The van der Waals surface area contributed by atoms with Crippen LogP contribution in [0, 0.1) is 20.8 Å². The van der Waals surface area contributed by atoms with Crippen molar-refractivity contribution < 1.29 is 23.1 Å². The van der Waals surface area contributed by atoms with Gasteiger partial charge in [0, 0.05) is 17.2 Å². The Morgan fingerprint density at radius 1 is 1.00 bits per heavy atom. The highest BCUT2D eigenvalue weighted by atomic mass is 32.2. The van der Waals surface area contributed by atoms with E-state index >= 15 is 0 Å². The van der Waals surface area contributed by atoms with Gasteiger partial charge in [-0.3, -0.25) is 4.79 Å². The number of pyridine rings is 1. The highest BCUT2D eigenvalue weighted by Gasteiger charge is 2.25. The van der Waals surface area contributed by atoms with Gasteiger partial charge in [-0.15, -0.1) is 0 Å². The van der Waals surface area contributed by atoms with Crippen molar-refractivity contribution in [3.8, 4) is 17.4 Å². The maximum absolute atomic E-state index is 13.0. The predicted molar refractivity (Wildman–Crippen MR) is 126 cm³/mol. The SMILES string of the molecule is Cc1cc(C)c(Oc2nc(C(C)(C)C)ccc2C(=O)NS(=O)(=O)c2cccc(O)c2)c(C)c1. The summed E-state index contributed by atoms with van der Waals surface area (Å²) in [4.78, 5) is 17.4. The Hall–Kier alpha value is -3.39. The minimum Gasteiger partial charge on any atom is -0.508 e. The summed E-state index contributed by atoms with van der Waals surface area (Å²) in [7, 11) is -4.22. The van der Waals surface area contributed by atoms with Crippen LogP contribution in [0.25, 0.3) is 0 Å². The smallest absolute Gasteiger partial charge is 0.270 e. The van der Waals surface area contributed by atoms with Crippen molar-refractivity contribution in [2.75, 3.05) is 0 Å². The Morgan fingerprint density at radius 2 is 1.64 bits per heavy atom. The molecule has 8 heteroatoms. The molecule has 1 heterocycles. The van der Waals surface area contributed by atoms with Crippen LogP contribution in [-0.4, -0.2) is 24.4 Å². The molecular formula is C25H28N2O5S. The number of carbonyl (C=O) groups excluding carboxylic acids is 1. The molecule has 3 rings (SSSR count). The summed E-state index contributed by atoms with van der Waals surface area (Å²) in [6.07, 6.45) is 0. The van der Waals surface area contributed by atoms with Gasteiger partial charge >= 0.3 is 0 Å². The summed E-state index contributed by atoms with van der Waals surface area (Å²) in [5, 5.41) is 9.61. The van der Waals surface area contributed by atoms with Crippen LogP contribution >= 0.6 is 0 Å². The number of hydrogen-bond acceptors (Lipinski definition) is 6. The lowest BCUT2D eigenvalue weighted by Crippen LogP contribution is -2.31. The fraction of sp³-hybridized carbons (Fsp3) is 0.280. The highest BCUT2D eigenvalue weighted by Crippen LogP contribution is 2.33. The summed E-state index contributed by atoms with van der Waals surface area (Å²) >= 11 is 0. The van der Waals surface area contributed by atoms with Gasteiger partial charge in [-0.25, -0.2) is 18.1 Å². The molecule has 0 spiro atoms. The van der Waals surface area contributed by atoms with E-state index in [2.05, 4.69) is 4.98 Å². The van der Waals surface area contributed by atoms with Crippen LogP contribution in [0.1, 0.15) is 53.5 Å². The molecule has 33 heavy (non-hydrogen) atoms. The summed E-state index contributed by atoms with van der Waals surface area (Å²) in [6, 6.07) is 12.2. The zero-order valence-electron chi connectivity index (χ0n) is 19.6. The number of aryl methyl sites for hydroxylation is 3. The second kappa shape index (κ2) is 8.86. The number of sulfonamides is 1. The number of ether oxygens (including phenoxy) is 1. The van der Waals surface area contributed by atoms with E-state index in [0.29, 0.717) is 11.4 Å². The molecule has 0 aliphatic heterocycles. The Bertz CT molecular complexity index is 1300. The minimum atomic E-state index is -4.22. The molecule has 0 saturated carbocycles. The highest BCUT2D eigenvalue weighted by molar-refractivity contribution is 7.90. The van der Waals surface area contributed by atoms with E-state index in [4.69, 9.17) is 4.74 Å². The molecule has 0 fully saturated rings. The number of phenolic OH excluding ortho intramolecular Hbond substituents is 1. The predicted octanol–water partition coefficient (Wildman–Crippen LogP) is 4.92. The van der Waals surface area contributed by atoms with Gasteiger partial charge in [-0.2, -0.15) is 0 Å². The van der Waals surface area contributed by atoms with E-state index in [-0.39, 0.29) is 27.5 Å². The van der Waals surface area contributed by atoms with Crippen molar-refractivity contribution >= 4 is 15.9 Å². The molecule has 1 amide bonds. The van der Waals surface area contributed by atoms with Crippen LogP contribution in [0.3, 0.4) is 0 Å². The summed E-state index contributed by atoms with van der Waals surface area (Å²) in [5.41, 5.74) is 3.16. The van der Waals surface area contributed by atoms with E-state index in [1.54, 1.807) is 6.07 Å². The first-order valence-electron chi connectivity index (χ1n) is 10.4. The third kappa shape index (κ3) is 5.51. The minimum absolute atomic E-state index is 0.0149. The molecule has 0 aliphatic rings. The molecule has 3 aromatic rings. The van der Waals surface area contributed by atoms with E-state index in [1.165, 1.54) is 24.3 Å². The van der Waals surface area contributed by atoms with Crippen molar-refractivity contribution in [3.63, 3.8) is 0 Å². The second-order valence-corrected chi connectivity index (χ2v) is 10.7. The number of amides is 1. The lowest BCUT2D eigenvalue weighted by Gasteiger charge is -2.21. The van der Waals surface area contributed by atoms with Crippen molar-refractivity contribution in [1.29, 1.82) is 0 Å². The normalized spacial score (nSPS) is 11.8. The van der Waals surface area contributed by atoms with Gasteiger partial charge < -0.3 is 9.84 Å². The van der Waals surface area contributed by atoms with E-state index in [9.17, 15) is 18.3 Å². The average molecular weight is 469 g/mol. The topological polar surface area (TPSA) is 106 Å². The fourth-order valence-electron chi connectivity index (χ4n) is 3.42. The lowest BCUT2D eigenvalue weighted by atomic mass is 9.91. The number of rotatable bonds is 5. The van der Waals surface area contributed by atoms with E-state index < -0.39 is 15.9 Å². The summed E-state index contributed by atoms with van der Waals surface area (Å²) in [5.74, 6) is -0.537. The number of aromatic hydroxyl groups is 1. The number of nitrogens with zero attached hydrogens (tertiary/aromatic N) is 1. The second-order valence-electron chi connectivity index (χ2n) is 9.06. The molecule has 0 saturated heterocycles. The quantitative estimate of drug-likeness (QED) is 0.551. The summed E-state index contributed by atoms with van der Waals surface area (Å²) < 4.78 is 33.6. The molecule has 0 bridgehead atoms. The molecule has 0 radical (unpaired) electrons. The van der Waals surface area contributed by atoms with E-state index in [1.807, 2.05) is 58.4 Å². The first-order chi connectivity index (χ1) is 15.3. The van der Waals surface area contributed by atoms with Crippen LogP contribution in [-0.2, 0) is 15.4 Å². The molecular weight excluding hydrogens is 440 g/mol. The monoisotopic (exact) mass is 468 g/mol. The molecule has 2 N–H and O–H groups in total. The van der Waals surface area contributed by atoms with Crippen LogP contribution in [0.5, 0.6) is 17.4 Å². The standard InChI is InChI=1S/C25H28N2O5S/c1-15-12-16(2)22(17(3)13-15)32-24-20(10-11-21(26-24)25(4,5)6)23(29)27-33(30,31)19-9-7-8-18(28)14-19/h7-14,28H,1-6H3,(H,27,29). The van der Waals surface area contributed by atoms with Gasteiger partial charge in [-0.05, 0) is 56.2 Å². The number of phenols is 1. The molecule has 2 aromatic carbocycles. The van der Waals surface area contributed by atoms with Crippen molar-refractivity contribution in [2.24, 2.45) is 0 Å². The average Bonchev–Trinajstić information content (AvgIpc) is 2.69. The molecule has 0 atom stereocenters. The van der Waals surface area contributed by atoms with Crippen LogP contribution < -0.4 is 9.46 Å². The number of carbonyl (C=O) groups is 1. The first kappa shape index (κ1) is 24.3. The molecule has 0 unspecified atom stereocenters. The van der Waals surface area contributed by atoms with Crippen LogP contribution in [0.15, 0.2) is 53.4 Å². The van der Waals surface area contributed by atoms with Crippen molar-refractivity contribution in [2.45, 2.75) is 51.9 Å². The molecule has 174 valence electrons. The third-order valence-corrected chi connectivity index (χ3v) is 6.36. The van der Waals surface area contributed by atoms with Gasteiger partial charge in [0.1, 0.15) is 17.1 Å². The Labute approximate surface area is 194 Å². The zero-order valence-corrected chi connectivity index (χ0v) is 20.4. The molecule has 1 aromatic heterocycles. The number of aromatic nitrogens is 1. The lowest BCUT2D eigenvalue weighted by molar-refractivity contribution is 0.0978. The zero-order chi connectivity index (χ0) is 24.6. The number of nitrogens with one attached hydrogen (secondary N) is 1. The van der Waals surface area contributed by atoms with Crippen LogP contribution in [0.4, 0.5) is 0 Å². The maximum atomic E-state index is 13.0. The third-order valence-electron chi connectivity index (χ3n) is 5.03. The first-order valence-corrected chi connectivity index (χ1v) is 11.9. The van der Waals surface area contributed by atoms with Gasteiger partial charge in [0.2, 0.25) is 5.88 Å². The van der Waals surface area contributed by atoms with Crippen molar-refractivity contribution in [1.82, 2.24) is 9.71 Å². The molecule has 0 aliphatic carbocycles. The van der Waals surface area contributed by atoms with Crippen molar-refractivity contribution in [3.05, 3.63) is 76.5 Å². The fourth-order valence-corrected chi connectivity index (χ4v) is 4.43. The maximum Gasteiger partial charge on any atom is 0.270 e. The molecule has 7 nitrogen and oxygen atoms in total. The van der Waals surface area contributed by atoms with Gasteiger partial charge in [0.15, 0.2) is 0 Å². The Morgan fingerprint density at radius 3 is 2.21 bits per heavy atom. The Balaban J connectivity index is 2.05. The van der Waals surface area contributed by atoms with E-state index in [0.717, 1.165) is 22.8 Å². The summed E-state index contributed by atoms with van der Waals surface area (Å²) in [6.45, 7) is 11.7. The largest absolute Gasteiger partial charge is 0.508 e.